The molecule has 1 heterocycles. The van der Waals surface area contributed by atoms with Crippen molar-refractivity contribution < 1.29 is 23.8 Å². The zero-order valence-electron chi connectivity index (χ0n) is 17.8. The average Bonchev–Trinajstić information content (AvgIpc) is 2.65. The zero-order chi connectivity index (χ0) is 20.9. The van der Waals surface area contributed by atoms with Crippen LogP contribution in [0.5, 0.6) is 11.5 Å². The maximum absolute atomic E-state index is 13.0. The van der Waals surface area contributed by atoms with E-state index in [0.717, 1.165) is 12.8 Å². The summed E-state index contributed by atoms with van der Waals surface area (Å²) in [5, 5.41) is 0. The van der Waals surface area contributed by atoms with Crippen LogP contribution in [0.15, 0.2) is 18.2 Å². The summed E-state index contributed by atoms with van der Waals surface area (Å²) >= 11 is 0. The predicted molar refractivity (Wildman–Crippen MR) is 107 cm³/mol. The van der Waals surface area contributed by atoms with Crippen LogP contribution in [0.1, 0.15) is 44.0 Å². The molecule has 7 heteroatoms. The number of nitrogens with zero attached hydrogens (tertiary/aromatic N) is 2. The second-order valence-electron chi connectivity index (χ2n) is 8.13. The Bertz CT molecular complexity index is 668. The Morgan fingerprint density at radius 3 is 2.11 bits per heavy atom. The monoisotopic (exact) mass is 392 g/mol. The Morgan fingerprint density at radius 1 is 1.11 bits per heavy atom. The van der Waals surface area contributed by atoms with Crippen LogP contribution < -0.4 is 9.47 Å². The van der Waals surface area contributed by atoms with Gasteiger partial charge in [0.05, 0.1) is 14.2 Å². The predicted octanol–water partition coefficient (Wildman–Crippen LogP) is 3.42. The number of carbonyl (C=O) groups is 2. The Balaban J connectivity index is 1.95. The molecule has 0 N–H and O–H groups in total. The van der Waals surface area contributed by atoms with Gasteiger partial charge in [-0.3, -0.25) is 4.79 Å². The molecule has 0 spiro atoms. The van der Waals surface area contributed by atoms with Crippen molar-refractivity contribution in [2.45, 2.75) is 39.2 Å². The highest BCUT2D eigenvalue weighted by Crippen LogP contribution is 2.30. The molecule has 0 atom stereocenters. The van der Waals surface area contributed by atoms with Crippen molar-refractivity contribution in [2.75, 3.05) is 40.9 Å². The van der Waals surface area contributed by atoms with E-state index in [1.807, 2.05) is 20.8 Å². The fourth-order valence-corrected chi connectivity index (χ4v) is 3.35. The number of rotatable bonds is 5. The summed E-state index contributed by atoms with van der Waals surface area (Å²) in [5.74, 6) is 1.18. The van der Waals surface area contributed by atoms with Crippen LogP contribution in [0.4, 0.5) is 4.79 Å². The second-order valence-corrected chi connectivity index (χ2v) is 8.13. The van der Waals surface area contributed by atoms with Gasteiger partial charge in [0.2, 0.25) is 0 Å². The first-order chi connectivity index (χ1) is 13.2. The fourth-order valence-electron chi connectivity index (χ4n) is 3.35. The van der Waals surface area contributed by atoms with Crippen molar-refractivity contribution in [1.82, 2.24) is 9.80 Å². The third-order valence-corrected chi connectivity index (χ3v) is 4.79. The number of ether oxygens (including phenoxy) is 3. The molecule has 2 amide bonds. The minimum absolute atomic E-state index is 0.135. The van der Waals surface area contributed by atoms with Crippen molar-refractivity contribution in [1.29, 1.82) is 0 Å². The highest BCUT2D eigenvalue weighted by Gasteiger charge is 2.29. The van der Waals surface area contributed by atoms with Gasteiger partial charge >= 0.3 is 6.09 Å². The molecule has 0 radical (unpaired) electrons. The Labute approximate surface area is 167 Å². The number of amides is 2. The molecule has 28 heavy (non-hydrogen) atoms. The van der Waals surface area contributed by atoms with Gasteiger partial charge in [-0.1, -0.05) is 6.07 Å². The maximum atomic E-state index is 13.0. The molecule has 0 aromatic heterocycles. The summed E-state index contributed by atoms with van der Waals surface area (Å²) in [6.45, 7) is 7.49. The van der Waals surface area contributed by atoms with Gasteiger partial charge in [0, 0.05) is 26.7 Å². The van der Waals surface area contributed by atoms with E-state index in [4.69, 9.17) is 14.2 Å². The molecule has 1 saturated heterocycles. The molecule has 0 saturated carbocycles. The molecule has 1 aromatic rings. The fraction of sp³-hybridized carbons (Fsp3) is 0.619. The number of hydrogen-bond acceptors (Lipinski definition) is 5. The lowest BCUT2D eigenvalue weighted by atomic mass is 9.96. The molecule has 0 unspecified atom stereocenters. The molecule has 7 nitrogen and oxygen atoms in total. The third-order valence-electron chi connectivity index (χ3n) is 4.79. The highest BCUT2D eigenvalue weighted by molar-refractivity contribution is 5.99. The van der Waals surface area contributed by atoms with Crippen LogP contribution in [0.2, 0.25) is 0 Å². The molecule has 2 rings (SSSR count). The summed E-state index contributed by atoms with van der Waals surface area (Å²) in [5.41, 5.74) is -0.0600. The zero-order valence-corrected chi connectivity index (χ0v) is 17.8. The van der Waals surface area contributed by atoms with Crippen LogP contribution in [-0.2, 0) is 4.74 Å². The minimum Gasteiger partial charge on any atom is -0.496 e. The van der Waals surface area contributed by atoms with Gasteiger partial charge in [-0.05, 0) is 51.7 Å². The van der Waals surface area contributed by atoms with E-state index in [0.29, 0.717) is 42.6 Å². The molecular weight excluding hydrogens is 360 g/mol. The number of likely N-dealkylation sites (tertiary alicyclic amines) is 1. The Kier molecular flexibility index (Phi) is 7.16. The van der Waals surface area contributed by atoms with Gasteiger partial charge in [0.1, 0.15) is 22.7 Å². The molecule has 0 aliphatic carbocycles. The van der Waals surface area contributed by atoms with Crippen LogP contribution in [0.3, 0.4) is 0 Å². The molecule has 1 aliphatic heterocycles. The summed E-state index contributed by atoms with van der Waals surface area (Å²) < 4.78 is 16.1. The number of methoxy groups -OCH3 is 2. The summed E-state index contributed by atoms with van der Waals surface area (Å²) in [7, 11) is 4.87. The first-order valence-corrected chi connectivity index (χ1v) is 9.60. The summed E-state index contributed by atoms with van der Waals surface area (Å²) in [6.07, 6.45) is 1.40. The number of hydrogen-bond donors (Lipinski definition) is 0. The lowest BCUT2D eigenvalue weighted by Crippen LogP contribution is -2.44. The van der Waals surface area contributed by atoms with Gasteiger partial charge < -0.3 is 24.0 Å². The average molecular weight is 392 g/mol. The van der Waals surface area contributed by atoms with Gasteiger partial charge in [0.25, 0.3) is 5.91 Å². The Hall–Kier alpha value is -2.44. The maximum Gasteiger partial charge on any atom is 0.410 e. The number of piperidine rings is 1. The van der Waals surface area contributed by atoms with Crippen LogP contribution in [0.25, 0.3) is 0 Å². The van der Waals surface area contributed by atoms with E-state index in [-0.39, 0.29) is 12.0 Å². The lowest BCUT2D eigenvalue weighted by Gasteiger charge is -2.35. The van der Waals surface area contributed by atoms with E-state index >= 15 is 0 Å². The highest BCUT2D eigenvalue weighted by atomic mass is 16.6. The molecule has 1 aromatic carbocycles. The second kappa shape index (κ2) is 9.17. The molecule has 156 valence electrons. The summed E-state index contributed by atoms with van der Waals surface area (Å²) in [4.78, 5) is 28.6. The first kappa shape index (κ1) is 21.9. The van der Waals surface area contributed by atoms with Crippen molar-refractivity contribution in [3.8, 4) is 11.5 Å². The molecule has 0 bridgehead atoms. The quantitative estimate of drug-likeness (QED) is 0.768. The summed E-state index contributed by atoms with van der Waals surface area (Å²) in [6, 6.07) is 5.30. The normalized spacial score (nSPS) is 15.1. The topological polar surface area (TPSA) is 68.3 Å². The first-order valence-electron chi connectivity index (χ1n) is 9.60. The Morgan fingerprint density at radius 2 is 1.64 bits per heavy atom. The largest absolute Gasteiger partial charge is 0.496 e. The smallest absolute Gasteiger partial charge is 0.410 e. The molecular formula is C21H32N2O5. The van der Waals surface area contributed by atoms with Gasteiger partial charge in [-0.15, -0.1) is 0 Å². The van der Waals surface area contributed by atoms with E-state index in [1.165, 1.54) is 14.2 Å². The van der Waals surface area contributed by atoms with Crippen molar-refractivity contribution >= 4 is 12.0 Å². The third kappa shape index (κ3) is 5.53. The van der Waals surface area contributed by atoms with Gasteiger partial charge in [0.15, 0.2) is 0 Å². The van der Waals surface area contributed by atoms with Crippen LogP contribution in [-0.4, -0.2) is 68.3 Å². The van der Waals surface area contributed by atoms with E-state index in [9.17, 15) is 9.59 Å². The SMILES string of the molecule is COc1cccc(OC)c1C(=O)N(C)CC1CCN(C(=O)OC(C)(C)C)CC1. The van der Waals surface area contributed by atoms with Crippen LogP contribution >= 0.6 is 0 Å². The van der Waals surface area contributed by atoms with E-state index in [1.54, 1.807) is 35.0 Å². The van der Waals surface area contributed by atoms with Crippen molar-refractivity contribution in [3.63, 3.8) is 0 Å². The van der Waals surface area contributed by atoms with Crippen molar-refractivity contribution in [2.24, 2.45) is 5.92 Å². The van der Waals surface area contributed by atoms with Gasteiger partial charge in [-0.2, -0.15) is 0 Å². The number of carbonyl (C=O) groups excluding carboxylic acids is 2. The number of benzene rings is 1. The van der Waals surface area contributed by atoms with Crippen molar-refractivity contribution in [3.05, 3.63) is 23.8 Å². The molecule has 1 aliphatic rings. The lowest BCUT2D eigenvalue weighted by molar-refractivity contribution is 0.0170. The molecule has 1 fully saturated rings. The van der Waals surface area contributed by atoms with E-state index in [2.05, 4.69) is 0 Å². The minimum atomic E-state index is -0.492. The van der Waals surface area contributed by atoms with E-state index < -0.39 is 5.60 Å². The van der Waals surface area contributed by atoms with Gasteiger partial charge in [-0.25, -0.2) is 4.79 Å². The standard InChI is InChI=1S/C21H32N2O5/c1-21(2,3)28-20(25)23-12-10-15(11-13-23)14-22(4)19(24)18-16(26-5)8-7-9-17(18)27-6/h7-9,15H,10-14H2,1-6H3. The van der Waals surface area contributed by atoms with Crippen LogP contribution in [0, 0.1) is 5.92 Å².